The molecule has 1 aromatic carbocycles. The minimum Gasteiger partial charge on any atom is -0.465 e. The first-order chi connectivity index (χ1) is 13.5. The number of aromatic amines is 1. The molecule has 2 aromatic rings. The number of carbonyl (C=O) groups is 2. The number of rotatable bonds is 10. The van der Waals surface area contributed by atoms with E-state index in [1.165, 1.54) is 7.11 Å². The summed E-state index contributed by atoms with van der Waals surface area (Å²) in [5, 5.41) is 2.87. The number of benzene rings is 1. The van der Waals surface area contributed by atoms with E-state index in [1.807, 2.05) is 38.1 Å². The highest BCUT2D eigenvalue weighted by atomic mass is 16.5. The molecular formula is C21H28N2O5. The Morgan fingerprint density at radius 3 is 2.57 bits per heavy atom. The first kappa shape index (κ1) is 21.7. The number of methoxy groups -OCH3 is 1. The summed E-state index contributed by atoms with van der Waals surface area (Å²) >= 11 is 0. The van der Waals surface area contributed by atoms with Gasteiger partial charge < -0.3 is 24.5 Å². The standard InChI is InChI=1S/C21H28N2O5/c1-5-17-18(21(25)26-4)14(3)19(23-17)20(24)22-16-9-7-8-15(12-16)13-28-11-10-27-6-2/h7-9,12,23H,5-6,10-11,13H2,1-4H3,(H,22,24). The Balaban J connectivity index is 2.08. The minimum atomic E-state index is -0.448. The van der Waals surface area contributed by atoms with Crippen LogP contribution in [0.5, 0.6) is 0 Å². The molecule has 0 spiro atoms. The summed E-state index contributed by atoms with van der Waals surface area (Å²) in [6.07, 6.45) is 0.590. The third-order valence-electron chi connectivity index (χ3n) is 4.33. The van der Waals surface area contributed by atoms with Crippen molar-refractivity contribution in [1.82, 2.24) is 4.98 Å². The molecule has 0 saturated carbocycles. The van der Waals surface area contributed by atoms with Gasteiger partial charge in [0.2, 0.25) is 0 Å². The molecule has 2 N–H and O–H groups in total. The fourth-order valence-corrected chi connectivity index (χ4v) is 2.91. The zero-order valence-electron chi connectivity index (χ0n) is 16.9. The molecule has 0 bridgehead atoms. The van der Waals surface area contributed by atoms with Crippen molar-refractivity contribution >= 4 is 17.6 Å². The molecule has 0 unspecified atom stereocenters. The Labute approximate surface area is 165 Å². The molecule has 7 heteroatoms. The van der Waals surface area contributed by atoms with Gasteiger partial charge >= 0.3 is 5.97 Å². The highest BCUT2D eigenvalue weighted by Crippen LogP contribution is 2.21. The van der Waals surface area contributed by atoms with Crippen LogP contribution in [0.1, 0.15) is 51.5 Å². The number of hydrogen-bond acceptors (Lipinski definition) is 5. The van der Waals surface area contributed by atoms with Crippen molar-refractivity contribution in [3.63, 3.8) is 0 Å². The number of ether oxygens (including phenoxy) is 3. The fraction of sp³-hybridized carbons (Fsp3) is 0.429. The normalized spacial score (nSPS) is 10.7. The van der Waals surface area contributed by atoms with Crippen LogP contribution in [0.4, 0.5) is 5.69 Å². The Morgan fingerprint density at radius 1 is 1.14 bits per heavy atom. The second kappa shape index (κ2) is 10.6. The van der Waals surface area contributed by atoms with Crippen LogP contribution in [0.2, 0.25) is 0 Å². The molecule has 0 aliphatic heterocycles. The van der Waals surface area contributed by atoms with Gasteiger partial charge in [-0.3, -0.25) is 4.79 Å². The van der Waals surface area contributed by atoms with E-state index >= 15 is 0 Å². The number of aryl methyl sites for hydroxylation is 1. The molecule has 2 rings (SSSR count). The first-order valence-corrected chi connectivity index (χ1v) is 9.37. The van der Waals surface area contributed by atoms with Gasteiger partial charge in [-0.2, -0.15) is 0 Å². The second-order valence-corrected chi connectivity index (χ2v) is 6.23. The Kier molecular flexibility index (Phi) is 8.22. The molecule has 0 fully saturated rings. The van der Waals surface area contributed by atoms with E-state index in [-0.39, 0.29) is 5.91 Å². The lowest BCUT2D eigenvalue weighted by Gasteiger charge is -2.08. The number of anilines is 1. The summed E-state index contributed by atoms with van der Waals surface area (Å²) < 4.78 is 15.6. The van der Waals surface area contributed by atoms with Crippen molar-refractivity contribution in [1.29, 1.82) is 0 Å². The third kappa shape index (κ3) is 5.43. The predicted octanol–water partition coefficient (Wildman–Crippen LogP) is 3.48. The first-order valence-electron chi connectivity index (χ1n) is 9.37. The van der Waals surface area contributed by atoms with Crippen LogP contribution in [0.15, 0.2) is 24.3 Å². The average Bonchev–Trinajstić information content (AvgIpc) is 3.04. The van der Waals surface area contributed by atoms with Crippen molar-refractivity contribution in [2.24, 2.45) is 0 Å². The molecule has 0 radical (unpaired) electrons. The summed E-state index contributed by atoms with van der Waals surface area (Å²) in [4.78, 5) is 27.8. The van der Waals surface area contributed by atoms with Crippen LogP contribution in [0.3, 0.4) is 0 Å². The topological polar surface area (TPSA) is 89.7 Å². The van der Waals surface area contributed by atoms with Crippen molar-refractivity contribution < 1.29 is 23.8 Å². The van der Waals surface area contributed by atoms with Crippen LogP contribution in [-0.2, 0) is 27.2 Å². The highest BCUT2D eigenvalue weighted by molar-refractivity contribution is 6.06. The van der Waals surface area contributed by atoms with E-state index in [0.29, 0.717) is 61.1 Å². The molecule has 1 aromatic heterocycles. The van der Waals surface area contributed by atoms with Crippen molar-refractivity contribution in [2.45, 2.75) is 33.8 Å². The van der Waals surface area contributed by atoms with Gasteiger partial charge in [0.15, 0.2) is 0 Å². The number of carbonyl (C=O) groups excluding carboxylic acids is 2. The van der Waals surface area contributed by atoms with Gasteiger partial charge in [0.1, 0.15) is 5.69 Å². The molecule has 0 aliphatic rings. The van der Waals surface area contributed by atoms with Crippen LogP contribution in [0, 0.1) is 6.92 Å². The summed E-state index contributed by atoms with van der Waals surface area (Å²) in [6, 6.07) is 7.46. The average molecular weight is 388 g/mol. The fourth-order valence-electron chi connectivity index (χ4n) is 2.91. The van der Waals surface area contributed by atoms with Gasteiger partial charge in [0, 0.05) is 18.0 Å². The lowest BCUT2D eigenvalue weighted by Crippen LogP contribution is -2.14. The molecular weight excluding hydrogens is 360 g/mol. The quantitative estimate of drug-likeness (QED) is 0.480. The predicted molar refractivity (Wildman–Crippen MR) is 107 cm³/mol. The van der Waals surface area contributed by atoms with Gasteiger partial charge in [-0.05, 0) is 43.5 Å². The maximum atomic E-state index is 12.7. The van der Waals surface area contributed by atoms with E-state index in [2.05, 4.69) is 10.3 Å². The number of hydrogen-bond donors (Lipinski definition) is 2. The van der Waals surface area contributed by atoms with Crippen LogP contribution < -0.4 is 5.32 Å². The largest absolute Gasteiger partial charge is 0.465 e. The molecule has 0 aliphatic carbocycles. The van der Waals surface area contributed by atoms with E-state index in [4.69, 9.17) is 14.2 Å². The molecule has 152 valence electrons. The summed E-state index contributed by atoms with van der Waals surface area (Å²) in [5.41, 5.74) is 3.65. The smallest absolute Gasteiger partial charge is 0.339 e. The van der Waals surface area contributed by atoms with Crippen LogP contribution in [-0.4, -0.2) is 43.8 Å². The van der Waals surface area contributed by atoms with Gasteiger partial charge in [-0.25, -0.2) is 4.79 Å². The SMILES string of the molecule is CCOCCOCc1cccc(NC(=O)c2[nH]c(CC)c(C(=O)OC)c2C)c1. The lowest BCUT2D eigenvalue weighted by molar-refractivity contribution is 0.0453. The maximum absolute atomic E-state index is 12.7. The Bertz CT molecular complexity index is 813. The third-order valence-corrected chi connectivity index (χ3v) is 4.33. The Hall–Kier alpha value is -2.64. The summed E-state index contributed by atoms with van der Waals surface area (Å²) in [6.45, 7) is 7.76. The van der Waals surface area contributed by atoms with Crippen molar-refractivity contribution in [2.75, 3.05) is 32.2 Å². The minimum absolute atomic E-state index is 0.309. The van der Waals surface area contributed by atoms with Crippen LogP contribution in [0.25, 0.3) is 0 Å². The molecule has 1 amide bonds. The monoisotopic (exact) mass is 388 g/mol. The molecule has 7 nitrogen and oxygen atoms in total. The zero-order valence-corrected chi connectivity index (χ0v) is 16.9. The number of aromatic nitrogens is 1. The summed E-state index contributed by atoms with van der Waals surface area (Å²) in [7, 11) is 1.33. The van der Waals surface area contributed by atoms with E-state index < -0.39 is 5.97 Å². The van der Waals surface area contributed by atoms with Gasteiger partial charge in [-0.15, -0.1) is 0 Å². The number of nitrogens with one attached hydrogen (secondary N) is 2. The van der Waals surface area contributed by atoms with E-state index in [0.717, 1.165) is 5.56 Å². The van der Waals surface area contributed by atoms with Crippen LogP contribution >= 0.6 is 0 Å². The van der Waals surface area contributed by atoms with Gasteiger partial charge in [0.25, 0.3) is 5.91 Å². The Morgan fingerprint density at radius 2 is 1.89 bits per heavy atom. The van der Waals surface area contributed by atoms with Crippen molar-refractivity contribution in [3.05, 3.63) is 52.3 Å². The molecule has 28 heavy (non-hydrogen) atoms. The highest BCUT2D eigenvalue weighted by Gasteiger charge is 2.23. The maximum Gasteiger partial charge on any atom is 0.339 e. The number of amides is 1. The lowest BCUT2D eigenvalue weighted by atomic mass is 10.1. The van der Waals surface area contributed by atoms with E-state index in [9.17, 15) is 9.59 Å². The van der Waals surface area contributed by atoms with Gasteiger partial charge in [-0.1, -0.05) is 19.1 Å². The summed E-state index contributed by atoms with van der Waals surface area (Å²) in [5.74, 6) is -0.757. The molecule has 0 saturated heterocycles. The van der Waals surface area contributed by atoms with Gasteiger partial charge in [0.05, 0.1) is 32.5 Å². The van der Waals surface area contributed by atoms with E-state index in [1.54, 1.807) is 6.92 Å². The zero-order chi connectivity index (χ0) is 20.5. The second-order valence-electron chi connectivity index (χ2n) is 6.23. The molecule has 1 heterocycles. The molecule has 0 atom stereocenters. The van der Waals surface area contributed by atoms with Crippen molar-refractivity contribution in [3.8, 4) is 0 Å². The number of esters is 1. The number of H-pyrrole nitrogens is 1.